The van der Waals surface area contributed by atoms with Gasteiger partial charge < -0.3 is 14.2 Å². The highest BCUT2D eigenvalue weighted by Crippen LogP contribution is 2.33. The van der Waals surface area contributed by atoms with E-state index in [-0.39, 0.29) is 12.4 Å². The highest BCUT2D eigenvalue weighted by atomic mass is 16.7. The van der Waals surface area contributed by atoms with Crippen LogP contribution in [0.25, 0.3) is 0 Å². The lowest BCUT2D eigenvalue weighted by molar-refractivity contribution is -0.175. The molecule has 0 radical (unpaired) electrons. The van der Waals surface area contributed by atoms with Gasteiger partial charge in [0, 0.05) is 0 Å². The average molecular weight is 439 g/mol. The first-order valence-electron chi connectivity index (χ1n) is 12.2. The van der Waals surface area contributed by atoms with E-state index in [4.69, 9.17) is 14.2 Å². The summed E-state index contributed by atoms with van der Waals surface area (Å²) in [6.07, 6.45) is 7.41. The van der Waals surface area contributed by atoms with Crippen LogP contribution < -0.4 is 4.74 Å². The van der Waals surface area contributed by atoms with Crippen molar-refractivity contribution in [2.75, 3.05) is 13.2 Å². The second-order valence-corrected chi connectivity index (χ2v) is 8.91. The molecule has 0 saturated heterocycles. The molecule has 0 aliphatic heterocycles. The molecule has 32 heavy (non-hydrogen) atoms. The van der Waals surface area contributed by atoms with Gasteiger partial charge in [-0.15, -0.1) is 0 Å². The predicted molar refractivity (Wildman–Crippen MR) is 128 cm³/mol. The van der Waals surface area contributed by atoms with Gasteiger partial charge in [0.1, 0.15) is 12.4 Å². The highest BCUT2D eigenvalue weighted by Gasteiger charge is 2.15. The summed E-state index contributed by atoms with van der Waals surface area (Å²) in [7, 11) is 0. The van der Waals surface area contributed by atoms with Crippen molar-refractivity contribution in [3.8, 4) is 5.75 Å². The molecular weight excluding hydrogens is 400 g/mol. The van der Waals surface area contributed by atoms with Crippen LogP contribution >= 0.6 is 0 Å². The van der Waals surface area contributed by atoms with Crippen molar-refractivity contribution in [2.45, 2.75) is 83.8 Å². The molecule has 4 nitrogen and oxygen atoms in total. The third-order valence-corrected chi connectivity index (χ3v) is 6.47. The largest absolute Gasteiger partial charge is 0.491 e. The van der Waals surface area contributed by atoms with Gasteiger partial charge >= 0.3 is 5.97 Å². The van der Waals surface area contributed by atoms with E-state index in [1.807, 2.05) is 24.3 Å². The van der Waals surface area contributed by atoms with Gasteiger partial charge in [0.15, 0.2) is 6.29 Å². The topological polar surface area (TPSA) is 44.8 Å². The molecule has 1 aliphatic carbocycles. The van der Waals surface area contributed by atoms with Crippen molar-refractivity contribution >= 4 is 5.97 Å². The van der Waals surface area contributed by atoms with E-state index in [9.17, 15) is 4.79 Å². The van der Waals surface area contributed by atoms with Crippen molar-refractivity contribution in [1.29, 1.82) is 0 Å². The van der Waals surface area contributed by atoms with Crippen molar-refractivity contribution in [2.24, 2.45) is 0 Å². The number of carbonyl (C=O) groups excluding carboxylic acids is 1. The van der Waals surface area contributed by atoms with Crippen LogP contribution in [0.5, 0.6) is 5.75 Å². The van der Waals surface area contributed by atoms with Crippen LogP contribution in [-0.2, 0) is 20.7 Å². The standard InChI is InChI=1S/C28H38O4/c1-4-21(2)24-12-10-23(11-13-24)20-28(29)32-22(3)30-18-19-31-27-16-14-26(15-17-27)25-8-6-5-7-9-25/h10-17,21-22,25H,4-9,18-20H2,1-3H3. The molecule has 1 saturated carbocycles. The molecule has 2 aromatic carbocycles. The number of hydrogen-bond donors (Lipinski definition) is 0. The lowest BCUT2D eigenvalue weighted by atomic mass is 9.84. The van der Waals surface area contributed by atoms with Crippen molar-refractivity contribution in [3.63, 3.8) is 0 Å². The van der Waals surface area contributed by atoms with E-state index in [0.29, 0.717) is 25.0 Å². The number of rotatable bonds is 11. The molecule has 0 bridgehead atoms. The molecule has 1 aliphatic rings. The Morgan fingerprint density at radius 2 is 1.62 bits per heavy atom. The predicted octanol–water partition coefficient (Wildman–Crippen LogP) is 6.78. The normalized spacial score (nSPS) is 16.3. The molecular formula is C28H38O4. The Labute approximate surface area is 193 Å². The van der Waals surface area contributed by atoms with E-state index >= 15 is 0 Å². The highest BCUT2D eigenvalue weighted by molar-refractivity contribution is 5.72. The quantitative estimate of drug-likeness (QED) is 0.220. The number of esters is 1. The Hall–Kier alpha value is -2.33. The number of carbonyl (C=O) groups is 1. The second-order valence-electron chi connectivity index (χ2n) is 8.91. The molecule has 0 heterocycles. The zero-order chi connectivity index (χ0) is 22.8. The minimum atomic E-state index is -0.598. The molecule has 2 unspecified atom stereocenters. The van der Waals surface area contributed by atoms with Gasteiger partial charge in [-0.2, -0.15) is 0 Å². The molecule has 174 valence electrons. The van der Waals surface area contributed by atoms with E-state index in [1.54, 1.807) is 6.92 Å². The smallest absolute Gasteiger partial charge is 0.312 e. The van der Waals surface area contributed by atoms with Crippen LogP contribution in [0.15, 0.2) is 48.5 Å². The van der Waals surface area contributed by atoms with Gasteiger partial charge in [0.05, 0.1) is 13.0 Å². The molecule has 4 heteroatoms. The summed E-state index contributed by atoms with van der Waals surface area (Å²) < 4.78 is 16.7. The Kier molecular flexibility index (Phi) is 9.61. The Morgan fingerprint density at radius 1 is 0.938 bits per heavy atom. The number of ether oxygens (including phenoxy) is 3. The average Bonchev–Trinajstić information content (AvgIpc) is 2.82. The monoisotopic (exact) mass is 438 g/mol. The SMILES string of the molecule is CCC(C)c1ccc(CC(=O)OC(C)OCCOc2ccc(C3CCCCC3)cc2)cc1. The summed E-state index contributed by atoms with van der Waals surface area (Å²) in [5, 5.41) is 0. The third-order valence-electron chi connectivity index (χ3n) is 6.47. The Morgan fingerprint density at radius 3 is 2.28 bits per heavy atom. The molecule has 2 atom stereocenters. The molecule has 1 fully saturated rings. The van der Waals surface area contributed by atoms with Gasteiger partial charge in [0.25, 0.3) is 0 Å². The van der Waals surface area contributed by atoms with E-state index in [0.717, 1.165) is 17.7 Å². The molecule has 0 N–H and O–H groups in total. The van der Waals surface area contributed by atoms with Crippen LogP contribution in [0.3, 0.4) is 0 Å². The fourth-order valence-electron chi connectivity index (χ4n) is 4.27. The maximum Gasteiger partial charge on any atom is 0.312 e. The molecule has 0 aromatic heterocycles. The fourth-order valence-corrected chi connectivity index (χ4v) is 4.27. The summed E-state index contributed by atoms with van der Waals surface area (Å²) in [5.41, 5.74) is 3.67. The second kappa shape index (κ2) is 12.6. The molecule has 0 spiro atoms. The van der Waals surface area contributed by atoms with Crippen LogP contribution in [0.1, 0.15) is 87.8 Å². The van der Waals surface area contributed by atoms with E-state index < -0.39 is 6.29 Å². The zero-order valence-electron chi connectivity index (χ0n) is 19.8. The molecule has 2 aromatic rings. The van der Waals surface area contributed by atoms with Crippen LogP contribution in [-0.4, -0.2) is 25.5 Å². The van der Waals surface area contributed by atoms with E-state index in [1.165, 1.54) is 43.2 Å². The summed E-state index contributed by atoms with van der Waals surface area (Å²) in [5.74, 6) is 1.79. The maximum atomic E-state index is 12.2. The lowest BCUT2D eigenvalue weighted by Gasteiger charge is -2.22. The van der Waals surface area contributed by atoms with Gasteiger partial charge in [-0.3, -0.25) is 4.79 Å². The van der Waals surface area contributed by atoms with Gasteiger partial charge in [-0.25, -0.2) is 0 Å². The first-order valence-corrected chi connectivity index (χ1v) is 12.2. The first kappa shape index (κ1) is 24.3. The van der Waals surface area contributed by atoms with Gasteiger partial charge in [-0.1, -0.05) is 69.5 Å². The fraction of sp³-hybridized carbons (Fsp3) is 0.536. The minimum absolute atomic E-state index is 0.248. The van der Waals surface area contributed by atoms with Crippen LogP contribution in [0.4, 0.5) is 0 Å². The van der Waals surface area contributed by atoms with Crippen molar-refractivity contribution < 1.29 is 19.0 Å². The van der Waals surface area contributed by atoms with Crippen LogP contribution in [0.2, 0.25) is 0 Å². The van der Waals surface area contributed by atoms with Crippen LogP contribution in [0, 0.1) is 0 Å². The summed E-state index contributed by atoms with van der Waals surface area (Å²) in [6, 6.07) is 16.6. The third kappa shape index (κ3) is 7.67. The van der Waals surface area contributed by atoms with Gasteiger partial charge in [0.2, 0.25) is 0 Å². The molecule has 3 rings (SSSR count). The van der Waals surface area contributed by atoms with Gasteiger partial charge in [-0.05, 0) is 66.8 Å². The Balaban J connectivity index is 1.32. The summed E-state index contributed by atoms with van der Waals surface area (Å²) in [4.78, 5) is 12.2. The molecule has 0 amide bonds. The summed E-state index contributed by atoms with van der Waals surface area (Å²) in [6.45, 7) is 6.90. The number of hydrogen-bond acceptors (Lipinski definition) is 4. The first-order chi connectivity index (χ1) is 15.5. The number of benzene rings is 2. The maximum absolute atomic E-state index is 12.2. The van der Waals surface area contributed by atoms with Crippen molar-refractivity contribution in [1.82, 2.24) is 0 Å². The van der Waals surface area contributed by atoms with Crippen molar-refractivity contribution in [3.05, 3.63) is 65.2 Å². The summed E-state index contributed by atoms with van der Waals surface area (Å²) >= 11 is 0. The minimum Gasteiger partial charge on any atom is -0.491 e. The van der Waals surface area contributed by atoms with E-state index in [2.05, 4.69) is 38.1 Å². The zero-order valence-corrected chi connectivity index (χ0v) is 19.8. The lowest BCUT2D eigenvalue weighted by Crippen LogP contribution is -2.22. The Bertz CT molecular complexity index is 806.